The lowest BCUT2D eigenvalue weighted by molar-refractivity contribution is -0.134. The van der Waals surface area contributed by atoms with E-state index in [0.29, 0.717) is 6.54 Å². The van der Waals surface area contributed by atoms with Crippen LogP contribution in [0.5, 0.6) is 0 Å². The van der Waals surface area contributed by atoms with E-state index in [1.165, 1.54) is 5.56 Å². The summed E-state index contributed by atoms with van der Waals surface area (Å²) in [5, 5.41) is 3.93. The number of nitrogens with one attached hydrogen (secondary N) is 1. The molecule has 5 heteroatoms. The maximum atomic E-state index is 12.4. The molecule has 0 bridgehead atoms. The van der Waals surface area contributed by atoms with Gasteiger partial charge in [-0.15, -0.1) is 0 Å². The summed E-state index contributed by atoms with van der Waals surface area (Å²) in [6, 6.07) is 8.01. The van der Waals surface area contributed by atoms with Crippen LogP contribution in [0.2, 0.25) is 5.02 Å². The summed E-state index contributed by atoms with van der Waals surface area (Å²) in [7, 11) is 0. The second kappa shape index (κ2) is 7.85. The van der Waals surface area contributed by atoms with E-state index in [0.717, 1.165) is 50.5 Å². The van der Waals surface area contributed by atoms with Gasteiger partial charge in [-0.25, -0.2) is 0 Å². The Morgan fingerprint density at radius 1 is 1.29 bits per heavy atom. The first-order valence-corrected chi connectivity index (χ1v) is 9.24. The van der Waals surface area contributed by atoms with E-state index in [-0.39, 0.29) is 23.3 Å². The Hall–Kier alpha value is -1.10. The zero-order chi connectivity index (χ0) is 17.0. The second-order valence-electron chi connectivity index (χ2n) is 6.86. The molecule has 0 radical (unpaired) electrons. The molecular formula is C19H26ClNO3. The fourth-order valence-electron chi connectivity index (χ4n) is 3.69. The van der Waals surface area contributed by atoms with Gasteiger partial charge in [-0.3, -0.25) is 4.79 Å². The van der Waals surface area contributed by atoms with Gasteiger partial charge < -0.3 is 14.8 Å². The van der Waals surface area contributed by atoms with Gasteiger partial charge in [-0.2, -0.15) is 0 Å². The third-order valence-corrected chi connectivity index (χ3v) is 5.63. The van der Waals surface area contributed by atoms with Crippen LogP contribution in [0, 0.1) is 5.92 Å². The van der Waals surface area contributed by atoms with E-state index >= 15 is 0 Å². The van der Waals surface area contributed by atoms with Gasteiger partial charge in [0.15, 0.2) is 0 Å². The molecule has 1 aliphatic carbocycles. The smallest absolute Gasteiger partial charge is 0.223 e. The van der Waals surface area contributed by atoms with Crippen LogP contribution in [0.1, 0.15) is 38.2 Å². The Labute approximate surface area is 148 Å². The minimum absolute atomic E-state index is 0.0540. The zero-order valence-corrected chi connectivity index (χ0v) is 15.0. The highest BCUT2D eigenvalue weighted by Gasteiger charge is 2.38. The number of hydrogen-bond acceptors (Lipinski definition) is 3. The van der Waals surface area contributed by atoms with E-state index in [2.05, 4.69) is 17.4 Å². The van der Waals surface area contributed by atoms with Crippen molar-refractivity contribution in [2.75, 3.05) is 26.4 Å². The van der Waals surface area contributed by atoms with E-state index in [1.54, 1.807) is 0 Å². The van der Waals surface area contributed by atoms with E-state index < -0.39 is 0 Å². The molecule has 1 saturated carbocycles. The number of rotatable bonds is 6. The minimum atomic E-state index is -0.0540. The van der Waals surface area contributed by atoms with Crippen molar-refractivity contribution in [3.8, 4) is 0 Å². The third-order valence-electron chi connectivity index (χ3n) is 5.38. The minimum Gasteiger partial charge on any atom is -0.381 e. The number of halogens is 1. The lowest BCUT2D eigenvalue weighted by Gasteiger charge is -2.39. The Morgan fingerprint density at radius 3 is 2.58 bits per heavy atom. The maximum absolute atomic E-state index is 12.4. The molecule has 1 N–H and O–H groups in total. The van der Waals surface area contributed by atoms with Gasteiger partial charge >= 0.3 is 0 Å². The molecule has 4 nitrogen and oxygen atoms in total. The van der Waals surface area contributed by atoms with Crippen LogP contribution >= 0.6 is 11.6 Å². The Morgan fingerprint density at radius 2 is 1.96 bits per heavy atom. The first-order valence-electron chi connectivity index (χ1n) is 8.86. The van der Waals surface area contributed by atoms with Gasteiger partial charge in [0.1, 0.15) is 0 Å². The molecule has 3 rings (SSSR count). The first-order chi connectivity index (χ1) is 11.6. The molecule has 1 saturated heterocycles. The van der Waals surface area contributed by atoms with Gasteiger partial charge in [-0.1, -0.05) is 23.7 Å². The molecule has 0 atom stereocenters. The summed E-state index contributed by atoms with van der Waals surface area (Å²) in [5.41, 5.74) is 1.18. The SMILES string of the molecule is CCOC1CC(C(=O)NCC2(c3ccc(Cl)cc3)CCOCC2)C1. The third kappa shape index (κ3) is 3.93. The van der Waals surface area contributed by atoms with Crippen LogP contribution < -0.4 is 5.32 Å². The van der Waals surface area contributed by atoms with Crippen LogP contribution in [0.15, 0.2) is 24.3 Å². The van der Waals surface area contributed by atoms with Gasteiger partial charge in [0, 0.05) is 42.7 Å². The molecular weight excluding hydrogens is 326 g/mol. The largest absolute Gasteiger partial charge is 0.381 e. The van der Waals surface area contributed by atoms with Gasteiger partial charge in [0.25, 0.3) is 0 Å². The summed E-state index contributed by atoms with van der Waals surface area (Å²) >= 11 is 6.02. The lowest BCUT2D eigenvalue weighted by atomic mass is 9.73. The molecule has 2 aliphatic rings. The fraction of sp³-hybridized carbons (Fsp3) is 0.632. The van der Waals surface area contributed by atoms with Gasteiger partial charge in [-0.05, 0) is 50.3 Å². The highest BCUT2D eigenvalue weighted by atomic mass is 35.5. The number of carbonyl (C=O) groups excluding carboxylic acids is 1. The van der Waals surface area contributed by atoms with E-state index in [4.69, 9.17) is 21.1 Å². The van der Waals surface area contributed by atoms with Crippen molar-refractivity contribution < 1.29 is 14.3 Å². The molecule has 1 amide bonds. The molecule has 1 heterocycles. The average molecular weight is 352 g/mol. The summed E-state index contributed by atoms with van der Waals surface area (Å²) < 4.78 is 11.1. The van der Waals surface area contributed by atoms with Gasteiger partial charge in [0.2, 0.25) is 5.91 Å². The quantitative estimate of drug-likeness (QED) is 0.855. The monoisotopic (exact) mass is 351 g/mol. The van der Waals surface area contributed by atoms with Crippen molar-refractivity contribution in [3.05, 3.63) is 34.9 Å². The number of amides is 1. The molecule has 0 aromatic heterocycles. The number of ether oxygens (including phenoxy) is 2. The summed E-state index contributed by atoms with van der Waals surface area (Å²) in [6.45, 7) is 4.84. The molecule has 132 valence electrons. The van der Waals surface area contributed by atoms with Crippen molar-refractivity contribution >= 4 is 17.5 Å². The Bertz CT molecular complexity index is 548. The van der Waals surface area contributed by atoms with E-state index in [1.807, 2.05) is 19.1 Å². The Balaban J connectivity index is 1.61. The van der Waals surface area contributed by atoms with Crippen LogP contribution in [0.4, 0.5) is 0 Å². The maximum Gasteiger partial charge on any atom is 0.223 e. The molecule has 0 spiro atoms. The van der Waals surface area contributed by atoms with E-state index in [9.17, 15) is 4.79 Å². The van der Waals surface area contributed by atoms with Crippen molar-refractivity contribution in [2.24, 2.45) is 5.92 Å². The topological polar surface area (TPSA) is 47.6 Å². The highest BCUT2D eigenvalue weighted by Crippen LogP contribution is 2.36. The molecule has 0 unspecified atom stereocenters. The zero-order valence-electron chi connectivity index (χ0n) is 14.2. The molecule has 24 heavy (non-hydrogen) atoms. The normalized spacial score (nSPS) is 25.8. The highest BCUT2D eigenvalue weighted by molar-refractivity contribution is 6.30. The molecule has 1 aromatic carbocycles. The number of carbonyl (C=O) groups is 1. The number of benzene rings is 1. The van der Waals surface area contributed by atoms with Crippen LogP contribution in [-0.2, 0) is 19.7 Å². The van der Waals surface area contributed by atoms with Crippen molar-refractivity contribution in [1.29, 1.82) is 0 Å². The second-order valence-corrected chi connectivity index (χ2v) is 7.30. The standard InChI is InChI=1S/C19H26ClNO3/c1-2-24-17-11-14(12-17)18(22)21-13-19(7-9-23-10-8-19)15-3-5-16(20)6-4-15/h3-6,14,17H,2,7-13H2,1H3,(H,21,22). The fourth-order valence-corrected chi connectivity index (χ4v) is 3.81. The predicted molar refractivity (Wildman–Crippen MR) is 94.3 cm³/mol. The lowest BCUT2D eigenvalue weighted by Crippen LogP contribution is -2.48. The summed E-state index contributed by atoms with van der Waals surface area (Å²) in [4.78, 5) is 12.4. The van der Waals surface area contributed by atoms with Crippen LogP contribution in [-0.4, -0.2) is 38.4 Å². The molecule has 2 fully saturated rings. The van der Waals surface area contributed by atoms with Crippen LogP contribution in [0.3, 0.4) is 0 Å². The predicted octanol–water partition coefficient (Wildman–Crippen LogP) is 3.32. The molecule has 1 aromatic rings. The first kappa shape index (κ1) is 17.7. The van der Waals surface area contributed by atoms with Gasteiger partial charge in [0.05, 0.1) is 6.10 Å². The Kier molecular flexibility index (Phi) is 5.80. The van der Waals surface area contributed by atoms with Crippen LogP contribution in [0.25, 0.3) is 0 Å². The molecule has 1 aliphatic heterocycles. The number of hydrogen-bond donors (Lipinski definition) is 1. The summed E-state index contributed by atoms with van der Waals surface area (Å²) in [5.74, 6) is 0.259. The average Bonchev–Trinajstić information content (AvgIpc) is 2.57. The van der Waals surface area contributed by atoms with Crippen molar-refractivity contribution in [1.82, 2.24) is 5.32 Å². The summed E-state index contributed by atoms with van der Waals surface area (Å²) in [6.07, 6.45) is 3.79. The van der Waals surface area contributed by atoms with Crippen molar-refractivity contribution in [3.63, 3.8) is 0 Å². The van der Waals surface area contributed by atoms with Crippen molar-refractivity contribution in [2.45, 2.75) is 44.1 Å².